The maximum Gasteiger partial charge on any atom is 0.253 e. The number of aromatic nitrogens is 2. The summed E-state index contributed by atoms with van der Waals surface area (Å²) in [5.41, 5.74) is 5.45. The van der Waals surface area contributed by atoms with Gasteiger partial charge >= 0.3 is 0 Å². The molecule has 1 aliphatic heterocycles. The Hall–Kier alpha value is -3.88. The van der Waals surface area contributed by atoms with Gasteiger partial charge in [-0.15, -0.1) is 0 Å². The van der Waals surface area contributed by atoms with Crippen molar-refractivity contribution < 1.29 is 4.79 Å². The molecule has 0 radical (unpaired) electrons. The second-order valence-corrected chi connectivity index (χ2v) is 10.8. The predicted molar refractivity (Wildman–Crippen MR) is 158 cm³/mol. The number of benzene rings is 3. The molecular weight excluding hydrogens is 506 g/mol. The molecule has 200 valence electrons. The lowest BCUT2D eigenvalue weighted by Crippen LogP contribution is -2.35. The summed E-state index contributed by atoms with van der Waals surface area (Å²) in [6.45, 7) is 8.22. The van der Waals surface area contributed by atoms with Gasteiger partial charge in [-0.1, -0.05) is 54.6 Å². The number of anilines is 1. The highest BCUT2D eigenvalue weighted by molar-refractivity contribution is 8.00. The van der Waals surface area contributed by atoms with Crippen LogP contribution in [-0.4, -0.2) is 51.9 Å². The first kappa shape index (κ1) is 26.7. The molecule has 4 aromatic rings. The molecule has 1 saturated heterocycles. The second-order valence-electron chi connectivity index (χ2n) is 9.89. The van der Waals surface area contributed by atoms with Crippen LogP contribution in [0.2, 0.25) is 0 Å². The third-order valence-corrected chi connectivity index (χ3v) is 7.74. The van der Waals surface area contributed by atoms with Crippen LogP contribution in [0.5, 0.6) is 0 Å². The number of rotatable bonds is 7. The smallest absolute Gasteiger partial charge is 0.253 e. The van der Waals surface area contributed by atoms with Gasteiger partial charge in [0.05, 0.1) is 5.69 Å². The minimum absolute atomic E-state index is 0.0440. The Bertz CT molecular complexity index is 1480. The molecular formula is C31H33N5O2S. The molecule has 39 heavy (non-hydrogen) atoms. The van der Waals surface area contributed by atoms with Crippen molar-refractivity contribution in [1.29, 1.82) is 0 Å². The van der Waals surface area contributed by atoms with Crippen LogP contribution in [0.4, 0.5) is 5.95 Å². The molecule has 1 fully saturated rings. The lowest BCUT2D eigenvalue weighted by Gasteiger charge is -2.22. The maximum absolute atomic E-state index is 13.4. The number of carbonyl (C=O) groups excluding carboxylic acids is 1. The molecule has 0 atom stereocenters. The van der Waals surface area contributed by atoms with E-state index in [-0.39, 0.29) is 11.5 Å². The van der Waals surface area contributed by atoms with Crippen molar-refractivity contribution in [3.8, 4) is 11.3 Å². The molecule has 2 N–H and O–H groups in total. The summed E-state index contributed by atoms with van der Waals surface area (Å²) in [6.07, 6.45) is 0.949. The van der Waals surface area contributed by atoms with Crippen LogP contribution < -0.4 is 10.3 Å². The Morgan fingerprint density at radius 2 is 1.69 bits per heavy atom. The highest BCUT2D eigenvalue weighted by Gasteiger charge is 2.21. The average molecular weight is 540 g/mol. The van der Waals surface area contributed by atoms with Gasteiger partial charge in [0, 0.05) is 54.8 Å². The van der Waals surface area contributed by atoms with E-state index in [0.29, 0.717) is 23.8 Å². The zero-order chi connectivity index (χ0) is 27.2. The fraction of sp³-hybridized carbons (Fsp3) is 0.258. The van der Waals surface area contributed by atoms with Crippen LogP contribution in [0.15, 0.2) is 88.6 Å². The fourth-order valence-electron chi connectivity index (χ4n) is 5.01. The number of nitrogens with one attached hydrogen (secondary N) is 2. The Balaban J connectivity index is 1.23. The molecule has 1 aliphatic rings. The molecule has 0 aliphatic carbocycles. The van der Waals surface area contributed by atoms with Gasteiger partial charge < -0.3 is 4.90 Å². The van der Waals surface area contributed by atoms with Crippen molar-refractivity contribution in [2.24, 2.45) is 0 Å². The summed E-state index contributed by atoms with van der Waals surface area (Å²) < 4.78 is 3.15. The number of amides is 1. The normalized spacial score (nSPS) is 14.2. The summed E-state index contributed by atoms with van der Waals surface area (Å²) in [4.78, 5) is 38.4. The fourth-order valence-corrected chi connectivity index (χ4v) is 5.65. The van der Waals surface area contributed by atoms with Crippen LogP contribution in [0, 0.1) is 13.8 Å². The summed E-state index contributed by atoms with van der Waals surface area (Å²) in [5, 5.41) is 0. The van der Waals surface area contributed by atoms with E-state index in [2.05, 4.69) is 43.9 Å². The Morgan fingerprint density at radius 3 is 2.49 bits per heavy atom. The molecule has 0 unspecified atom stereocenters. The number of aryl methyl sites for hydroxylation is 2. The van der Waals surface area contributed by atoms with Crippen LogP contribution in [-0.2, 0) is 6.54 Å². The molecule has 3 aromatic carbocycles. The van der Waals surface area contributed by atoms with E-state index < -0.39 is 0 Å². The molecule has 2 heterocycles. The minimum Gasteiger partial charge on any atom is -0.337 e. The van der Waals surface area contributed by atoms with Gasteiger partial charge in [0.25, 0.3) is 11.5 Å². The number of aromatic amines is 1. The SMILES string of the molecule is Cc1cccc(C)c1-c1cc(=O)[nH]c(NSc2cccc(C(=O)N3CCCN(Cc4ccccc4)CC3)c2)n1. The van der Waals surface area contributed by atoms with Gasteiger partial charge in [0.2, 0.25) is 5.95 Å². The highest BCUT2D eigenvalue weighted by Crippen LogP contribution is 2.26. The first-order chi connectivity index (χ1) is 19.0. The quantitative estimate of drug-likeness (QED) is 0.301. The van der Waals surface area contributed by atoms with E-state index in [9.17, 15) is 9.59 Å². The van der Waals surface area contributed by atoms with Crippen LogP contribution in [0.25, 0.3) is 11.3 Å². The summed E-state index contributed by atoms with van der Waals surface area (Å²) >= 11 is 1.32. The lowest BCUT2D eigenvalue weighted by molar-refractivity contribution is 0.0761. The molecule has 1 aromatic heterocycles. The second kappa shape index (κ2) is 12.3. The Kier molecular flexibility index (Phi) is 8.44. The molecule has 5 rings (SSSR count). The van der Waals surface area contributed by atoms with E-state index in [1.54, 1.807) is 0 Å². The third kappa shape index (κ3) is 6.77. The number of H-pyrrole nitrogens is 1. The molecule has 1 amide bonds. The summed E-state index contributed by atoms with van der Waals surface area (Å²) in [6, 6.07) is 25.6. The lowest BCUT2D eigenvalue weighted by atomic mass is 10.00. The van der Waals surface area contributed by atoms with E-state index in [0.717, 1.165) is 54.2 Å². The van der Waals surface area contributed by atoms with Crippen molar-refractivity contribution in [2.75, 3.05) is 30.9 Å². The zero-order valence-corrected chi connectivity index (χ0v) is 23.1. The van der Waals surface area contributed by atoms with Crippen LogP contribution in [0.1, 0.15) is 33.5 Å². The average Bonchev–Trinajstić information content (AvgIpc) is 3.17. The van der Waals surface area contributed by atoms with Gasteiger partial charge in [0.1, 0.15) is 0 Å². The first-order valence-corrected chi connectivity index (χ1v) is 14.0. The molecule has 0 bridgehead atoms. The van der Waals surface area contributed by atoms with Gasteiger partial charge in [-0.2, -0.15) is 0 Å². The number of carbonyl (C=O) groups is 1. The number of nitrogens with zero attached hydrogens (tertiary/aromatic N) is 3. The van der Waals surface area contributed by atoms with E-state index in [4.69, 9.17) is 0 Å². The van der Waals surface area contributed by atoms with Crippen molar-refractivity contribution in [3.05, 3.63) is 111 Å². The maximum atomic E-state index is 13.4. The standard InChI is InChI=1S/C31H33N5O2S/c1-22-9-6-10-23(2)29(22)27-20-28(37)33-31(32-27)34-39-26-14-7-13-25(19-26)30(38)36-16-8-15-35(17-18-36)21-24-11-4-3-5-12-24/h3-7,9-14,19-20H,8,15-18,21H2,1-2H3,(H2,32,33,34,37). The predicted octanol–water partition coefficient (Wildman–Crippen LogP) is 5.52. The van der Waals surface area contributed by atoms with E-state index in [1.165, 1.54) is 23.6 Å². The van der Waals surface area contributed by atoms with Crippen LogP contribution >= 0.6 is 11.9 Å². The minimum atomic E-state index is -0.225. The van der Waals surface area contributed by atoms with Crippen molar-refractivity contribution in [2.45, 2.75) is 31.7 Å². The van der Waals surface area contributed by atoms with Gasteiger partial charge in [-0.3, -0.25) is 24.2 Å². The van der Waals surface area contributed by atoms with E-state index in [1.807, 2.05) is 67.3 Å². The largest absolute Gasteiger partial charge is 0.337 e. The number of hydrogen-bond donors (Lipinski definition) is 2. The van der Waals surface area contributed by atoms with E-state index >= 15 is 0 Å². The summed E-state index contributed by atoms with van der Waals surface area (Å²) in [5.74, 6) is 0.412. The van der Waals surface area contributed by atoms with Gasteiger partial charge in [-0.05, 0) is 67.1 Å². The first-order valence-electron chi connectivity index (χ1n) is 13.2. The Labute approximate surface area is 233 Å². The summed E-state index contributed by atoms with van der Waals surface area (Å²) in [7, 11) is 0. The van der Waals surface area contributed by atoms with Gasteiger partial charge in [0.15, 0.2) is 0 Å². The van der Waals surface area contributed by atoms with Crippen molar-refractivity contribution in [3.63, 3.8) is 0 Å². The number of hydrogen-bond acceptors (Lipinski definition) is 6. The highest BCUT2D eigenvalue weighted by atomic mass is 32.2. The molecule has 8 heteroatoms. The van der Waals surface area contributed by atoms with Crippen molar-refractivity contribution in [1.82, 2.24) is 19.8 Å². The monoisotopic (exact) mass is 539 g/mol. The van der Waals surface area contributed by atoms with Crippen LogP contribution in [0.3, 0.4) is 0 Å². The van der Waals surface area contributed by atoms with Crippen molar-refractivity contribution >= 4 is 23.8 Å². The molecule has 7 nitrogen and oxygen atoms in total. The molecule has 0 saturated carbocycles. The Morgan fingerprint density at radius 1 is 0.923 bits per heavy atom. The zero-order valence-electron chi connectivity index (χ0n) is 22.3. The third-order valence-electron chi connectivity index (χ3n) is 6.95. The topological polar surface area (TPSA) is 81.3 Å². The van der Waals surface area contributed by atoms with Gasteiger partial charge in [-0.25, -0.2) is 4.98 Å². The molecule has 0 spiro atoms.